The van der Waals surface area contributed by atoms with E-state index in [2.05, 4.69) is 10.2 Å². The third kappa shape index (κ3) is 5.45. The van der Waals surface area contributed by atoms with Gasteiger partial charge in [-0.3, -0.25) is 0 Å². The van der Waals surface area contributed by atoms with Gasteiger partial charge in [-0.2, -0.15) is 5.26 Å². The van der Waals surface area contributed by atoms with Crippen LogP contribution >= 0.6 is 23.4 Å². The molecule has 0 radical (unpaired) electrons. The number of nitrogens with zero attached hydrogens (tertiary/aromatic N) is 3. The number of azo groups is 1. The van der Waals surface area contributed by atoms with Gasteiger partial charge in [-0.15, -0.1) is 10.2 Å². The zero-order valence-corrected chi connectivity index (χ0v) is 12.7. The van der Waals surface area contributed by atoms with E-state index in [1.54, 1.807) is 36.6 Å². The minimum absolute atomic E-state index is 0.0911. The highest BCUT2D eigenvalue weighted by Gasteiger charge is 2.17. The molecule has 1 aromatic rings. The zero-order valence-electron chi connectivity index (χ0n) is 11.1. The molecule has 0 aromatic heterocycles. The Labute approximate surface area is 131 Å². The number of ether oxygens (including phenoxy) is 1. The second kappa shape index (κ2) is 9.00. The van der Waals surface area contributed by atoms with Gasteiger partial charge in [0, 0.05) is 0 Å². The van der Waals surface area contributed by atoms with E-state index < -0.39 is 5.97 Å². The maximum absolute atomic E-state index is 11.7. The number of aliphatic hydroxyl groups is 1. The second-order valence-electron chi connectivity index (χ2n) is 3.55. The van der Waals surface area contributed by atoms with Crippen LogP contribution in [0.5, 0.6) is 0 Å². The van der Waals surface area contributed by atoms with Gasteiger partial charge in [0.05, 0.1) is 17.4 Å². The summed E-state index contributed by atoms with van der Waals surface area (Å²) in [4.78, 5) is 11.7. The number of aliphatic hydroxyl groups excluding tert-OH is 1. The molecule has 0 saturated heterocycles. The van der Waals surface area contributed by atoms with Crippen molar-refractivity contribution in [1.82, 2.24) is 0 Å². The highest BCUT2D eigenvalue weighted by atomic mass is 35.5. The molecule has 0 aliphatic carbocycles. The van der Waals surface area contributed by atoms with Crippen LogP contribution in [0.15, 0.2) is 46.0 Å². The third-order valence-electron chi connectivity index (χ3n) is 2.13. The molecule has 0 fully saturated rings. The van der Waals surface area contributed by atoms with Crippen molar-refractivity contribution in [2.24, 2.45) is 10.2 Å². The maximum atomic E-state index is 11.7. The summed E-state index contributed by atoms with van der Waals surface area (Å²) in [6.45, 7) is 1.75. The minimum atomic E-state index is -0.815. The molecular formula is C13H12ClN3O3S. The number of nitriles is 1. The first kappa shape index (κ1) is 17.0. The number of thioether (sulfide) groups is 1. The van der Waals surface area contributed by atoms with Gasteiger partial charge in [0.15, 0.2) is 0 Å². The number of esters is 1. The molecular weight excluding hydrogens is 314 g/mol. The molecule has 0 aliphatic rings. The summed E-state index contributed by atoms with van der Waals surface area (Å²) in [6, 6.07) is 6.66. The fourth-order valence-corrected chi connectivity index (χ4v) is 1.73. The highest BCUT2D eigenvalue weighted by molar-refractivity contribution is 8.03. The Bertz CT molecular complexity index is 611. The van der Waals surface area contributed by atoms with Crippen molar-refractivity contribution < 1.29 is 14.6 Å². The number of halogens is 1. The van der Waals surface area contributed by atoms with Crippen LogP contribution in [0.1, 0.15) is 6.92 Å². The van der Waals surface area contributed by atoms with Crippen molar-refractivity contribution in [2.75, 3.05) is 12.4 Å². The molecule has 21 heavy (non-hydrogen) atoms. The Kier molecular flexibility index (Phi) is 7.29. The lowest BCUT2D eigenvalue weighted by molar-refractivity contribution is -0.138. The zero-order chi connectivity index (χ0) is 15.7. The number of hydrogen-bond donors (Lipinski definition) is 1. The predicted octanol–water partition coefficient (Wildman–Crippen LogP) is 3.97. The third-order valence-corrected chi connectivity index (χ3v) is 2.99. The Morgan fingerprint density at radius 2 is 2.24 bits per heavy atom. The van der Waals surface area contributed by atoms with Crippen LogP contribution in [0.25, 0.3) is 0 Å². The van der Waals surface area contributed by atoms with Gasteiger partial charge in [0.2, 0.25) is 5.70 Å². The summed E-state index contributed by atoms with van der Waals surface area (Å²) in [5.41, 5.74) is 0.00113. The van der Waals surface area contributed by atoms with E-state index in [1.807, 2.05) is 0 Å². The monoisotopic (exact) mass is 325 g/mol. The molecule has 0 unspecified atom stereocenters. The van der Waals surface area contributed by atoms with Crippen molar-refractivity contribution >= 4 is 35.0 Å². The summed E-state index contributed by atoms with van der Waals surface area (Å²) in [5, 5.41) is 27.9. The first-order valence-corrected chi connectivity index (χ1v) is 7.22. The lowest BCUT2D eigenvalue weighted by Gasteiger charge is -2.04. The van der Waals surface area contributed by atoms with E-state index in [1.165, 1.54) is 0 Å². The van der Waals surface area contributed by atoms with Crippen molar-refractivity contribution in [3.05, 3.63) is 40.7 Å². The lowest BCUT2D eigenvalue weighted by atomic mass is 10.3. The van der Waals surface area contributed by atoms with Crippen LogP contribution in [-0.2, 0) is 9.53 Å². The number of hydrogen-bond acceptors (Lipinski definition) is 7. The minimum Gasteiger partial charge on any atom is -0.509 e. The van der Waals surface area contributed by atoms with Crippen molar-refractivity contribution in [3.8, 4) is 5.40 Å². The maximum Gasteiger partial charge on any atom is 0.362 e. The molecule has 1 aromatic carbocycles. The molecule has 0 bridgehead atoms. The number of carbonyl (C=O) groups excluding carboxylic acids is 1. The Morgan fingerprint density at radius 3 is 2.86 bits per heavy atom. The molecule has 0 saturated carbocycles. The van der Waals surface area contributed by atoms with E-state index in [0.29, 0.717) is 10.7 Å². The van der Waals surface area contributed by atoms with Gasteiger partial charge in [-0.05, 0) is 30.8 Å². The molecule has 1 N–H and O–H groups in total. The molecule has 1 rings (SSSR count). The Hall–Kier alpha value is -2.04. The predicted molar refractivity (Wildman–Crippen MR) is 80.3 cm³/mol. The molecule has 0 aliphatic heterocycles. The van der Waals surface area contributed by atoms with Crippen LogP contribution < -0.4 is 0 Å². The van der Waals surface area contributed by atoms with E-state index >= 15 is 0 Å². The van der Waals surface area contributed by atoms with Gasteiger partial charge in [-0.25, -0.2) is 4.79 Å². The smallest absolute Gasteiger partial charge is 0.362 e. The van der Waals surface area contributed by atoms with Gasteiger partial charge in [0.25, 0.3) is 0 Å². The fourth-order valence-electron chi connectivity index (χ4n) is 1.22. The number of carbonyl (C=O) groups is 1. The van der Waals surface area contributed by atoms with Gasteiger partial charge < -0.3 is 9.84 Å². The van der Waals surface area contributed by atoms with Crippen molar-refractivity contribution in [3.63, 3.8) is 0 Å². The second-order valence-corrected chi connectivity index (χ2v) is 4.71. The fraction of sp³-hybridized carbons (Fsp3) is 0.231. The number of thiocyanates is 1. The number of rotatable bonds is 6. The highest BCUT2D eigenvalue weighted by Crippen LogP contribution is 2.25. The van der Waals surface area contributed by atoms with Gasteiger partial charge in [-0.1, -0.05) is 23.7 Å². The summed E-state index contributed by atoms with van der Waals surface area (Å²) >= 11 is 6.68. The van der Waals surface area contributed by atoms with Gasteiger partial charge in [0.1, 0.15) is 16.8 Å². The summed E-state index contributed by atoms with van der Waals surface area (Å²) in [6.07, 6.45) is 0. The van der Waals surface area contributed by atoms with Crippen molar-refractivity contribution in [1.29, 1.82) is 5.26 Å². The van der Waals surface area contributed by atoms with Crippen molar-refractivity contribution in [2.45, 2.75) is 6.92 Å². The molecule has 0 spiro atoms. The molecule has 6 nitrogen and oxygen atoms in total. The molecule has 0 amide bonds. The lowest BCUT2D eigenvalue weighted by Crippen LogP contribution is -2.09. The molecule has 0 heterocycles. The van der Waals surface area contributed by atoms with E-state index in [0.717, 1.165) is 11.8 Å². The average molecular weight is 326 g/mol. The molecule has 8 heteroatoms. The van der Waals surface area contributed by atoms with Gasteiger partial charge >= 0.3 is 5.97 Å². The summed E-state index contributed by atoms with van der Waals surface area (Å²) < 4.78 is 4.79. The Balaban J connectivity index is 3.05. The largest absolute Gasteiger partial charge is 0.509 e. The van der Waals surface area contributed by atoms with E-state index in [-0.39, 0.29) is 23.8 Å². The first-order chi connectivity index (χ1) is 10.1. The van der Waals surface area contributed by atoms with E-state index in [9.17, 15) is 9.90 Å². The topological polar surface area (TPSA) is 95.0 Å². The SMILES string of the molecule is CCOC(=O)/C(N=Nc1ccccc1Cl)=C(/O)CSC#N. The van der Waals surface area contributed by atoms with Crippen LogP contribution in [0.4, 0.5) is 5.69 Å². The van der Waals surface area contributed by atoms with E-state index in [4.69, 9.17) is 21.6 Å². The molecule has 110 valence electrons. The Morgan fingerprint density at radius 1 is 1.52 bits per heavy atom. The van der Waals surface area contributed by atoms with Crippen LogP contribution in [0, 0.1) is 10.7 Å². The summed E-state index contributed by atoms with van der Waals surface area (Å²) in [7, 11) is 0. The standard InChI is InChI=1S/C13H12ClN3O3S/c1-2-20-13(19)12(11(18)7-21-8-15)17-16-10-6-4-3-5-9(10)14/h3-6,18H,2,7H2,1H3/b12-11-,17-16?. The molecule has 0 atom stereocenters. The van der Waals surface area contributed by atoms with Crippen LogP contribution in [0.2, 0.25) is 5.02 Å². The normalized spacial score (nSPS) is 11.9. The number of benzene rings is 1. The first-order valence-electron chi connectivity index (χ1n) is 5.86. The average Bonchev–Trinajstić information content (AvgIpc) is 2.47. The summed E-state index contributed by atoms with van der Waals surface area (Å²) in [5.74, 6) is -1.29. The van der Waals surface area contributed by atoms with Crippen LogP contribution in [0.3, 0.4) is 0 Å². The quantitative estimate of drug-likeness (QED) is 0.281. The van der Waals surface area contributed by atoms with Crippen LogP contribution in [-0.4, -0.2) is 23.4 Å².